The average molecular weight is 251 g/mol. The summed E-state index contributed by atoms with van der Waals surface area (Å²) in [5.41, 5.74) is 1.31. The van der Waals surface area contributed by atoms with Gasteiger partial charge in [0.25, 0.3) is 0 Å². The van der Waals surface area contributed by atoms with Gasteiger partial charge in [-0.15, -0.1) is 0 Å². The Bertz CT molecular complexity index is 392. The third-order valence-electron chi connectivity index (χ3n) is 2.39. The van der Waals surface area contributed by atoms with E-state index in [0.29, 0.717) is 6.42 Å². The van der Waals surface area contributed by atoms with E-state index in [4.69, 9.17) is 9.84 Å². The minimum atomic E-state index is -0.498. The first kappa shape index (κ1) is 14.5. The van der Waals surface area contributed by atoms with Crippen LogP contribution < -0.4 is 4.90 Å². The normalized spacial score (nSPS) is 11.2. The maximum absolute atomic E-state index is 11.8. The lowest BCUT2D eigenvalue weighted by Gasteiger charge is -2.24. The fraction of sp³-hybridized carbons (Fsp3) is 0.500. The van der Waals surface area contributed by atoms with Gasteiger partial charge in [-0.2, -0.15) is 0 Å². The second-order valence-corrected chi connectivity index (χ2v) is 5.18. The van der Waals surface area contributed by atoms with Crippen LogP contribution in [-0.4, -0.2) is 30.5 Å². The van der Waals surface area contributed by atoms with Crippen LogP contribution >= 0.6 is 0 Å². The third-order valence-corrected chi connectivity index (χ3v) is 2.39. The van der Waals surface area contributed by atoms with Gasteiger partial charge in [-0.3, -0.25) is 4.90 Å². The van der Waals surface area contributed by atoms with E-state index < -0.39 is 5.60 Å². The molecule has 1 aromatic carbocycles. The lowest BCUT2D eigenvalue weighted by molar-refractivity contribution is 0.0589. The van der Waals surface area contributed by atoms with Crippen molar-refractivity contribution < 1.29 is 14.6 Å². The standard InChI is InChI=1S/C14H21NO3/c1-14(2,3)18-13(17)15(4)12-7-5-11(6-8-12)9-10-16/h5-8,16H,9-10H2,1-4H3. The van der Waals surface area contributed by atoms with Gasteiger partial charge in [0.1, 0.15) is 5.60 Å². The quantitative estimate of drug-likeness (QED) is 0.898. The Morgan fingerprint density at radius 1 is 1.28 bits per heavy atom. The van der Waals surface area contributed by atoms with E-state index in [0.717, 1.165) is 11.3 Å². The fourth-order valence-corrected chi connectivity index (χ4v) is 1.45. The van der Waals surface area contributed by atoms with Gasteiger partial charge >= 0.3 is 6.09 Å². The summed E-state index contributed by atoms with van der Waals surface area (Å²) >= 11 is 0. The van der Waals surface area contributed by atoms with Gasteiger partial charge in [-0.1, -0.05) is 12.1 Å². The molecule has 4 heteroatoms. The number of hydrogen-bond donors (Lipinski definition) is 1. The summed E-state index contributed by atoms with van der Waals surface area (Å²) in [6.45, 7) is 5.64. The number of aliphatic hydroxyl groups is 1. The number of aliphatic hydroxyl groups excluding tert-OH is 1. The molecule has 0 unspecified atom stereocenters. The maximum Gasteiger partial charge on any atom is 0.414 e. The van der Waals surface area contributed by atoms with Gasteiger partial charge < -0.3 is 9.84 Å². The molecular formula is C14H21NO3. The van der Waals surface area contributed by atoms with Crippen molar-refractivity contribution in [3.63, 3.8) is 0 Å². The van der Waals surface area contributed by atoms with Crippen LogP contribution in [0.4, 0.5) is 10.5 Å². The van der Waals surface area contributed by atoms with E-state index in [-0.39, 0.29) is 12.7 Å². The van der Waals surface area contributed by atoms with Gasteiger partial charge in [0.05, 0.1) is 0 Å². The second kappa shape index (κ2) is 5.87. The smallest absolute Gasteiger partial charge is 0.414 e. The molecule has 1 amide bonds. The average Bonchev–Trinajstić information content (AvgIpc) is 2.27. The van der Waals surface area contributed by atoms with Crippen LogP contribution in [0, 0.1) is 0 Å². The van der Waals surface area contributed by atoms with Crippen molar-refractivity contribution in [2.75, 3.05) is 18.6 Å². The molecule has 0 spiro atoms. The molecule has 100 valence electrons. The molecule has 0 bridgehead atoms. The van der Waals surface area contributed by atoms with Gasteiger partial charge in [0, 0.05) is 19.3 Å². The number of carbonyl (C=O) groups excluding carboxylic acids is 1. The lowest BCUT2D eigenvalue weighted by atomic mass is 10.1. The van der Waals surface area contributed by atoms with Crippen LogP contribution in [0.15, 0.2) is 24.3 Å². The summed E-state index contributed by atoms with van der Waals surface area (Å²) in [5.74, 6) is 0. The van der Waals surface area contributed by atoms with Crippen LogP contribution in [0.2, 0.25) is 0 Å². The molecule has 0 atom stereocenters. The Morgan fingerprint density at radius 2 is 1.83 bits per heavy atom. The van der Waals surface area contributed by atoms with E-state index in [2.05, 4.69) is 0 Å². The van der Waals surface area contributed by atoms with Crippen LogP contribution in [0.3, 0.4) is 0 Å². The Kier molecular flexibility index (Phi) is 4.73. The number of rotatable bonds is 3. The fourth-order valence-electron chi connectivity index (χ4n) is 1.45. The number of ether oxygens (including phenoxy) is 1. The van der Waals surface area contributed by atoms with Crippen LogP contribution in [0.5, 0.6) is 0 Å². The third kappa shape index (κ3) is 4.37. The van der Waals surface area contributed by atoms with Gasteiger partial charge in [0.15, 0.2) is 0 Å². The van der Waals surface area contributed by atoms with Crippen molar-refractivity contribution in [1.29, 1.82) is 0 Å². The molecule has 1 rings (SSSR count). The maximum atomic E-state index is 11.8. The predicted molar refractivity (Wildman–Crippen MR) is 71.9 cm³/mol. The zero-order valence-corrected chi connectivity index (χ0v) is 11.4. The second-order valence-electron chi connectivity index (χ2n) is 5.18. The van der Waals surface area contributed by atoms with Gasteiger partial charge in [-0.25, -0.2) is 4.79 Å². The number of amides is 1. The largest absolute Gasteiger partial charge is 0.443 e. The number of anilines is 1. The van der Waals surface area contributed by atoms with Crippen molar-refractivity contribution in [2.45, 2.75) is 32.8 Å². The van der Waals surface area contributed by atoms with Gasteiger partial charge in [-0.05, 0) is 44.9 Å². The molecule has 0 aromatic heterocycles. The Morgan fingerprint density at radius 3 is 2.28 bits per heavy atom. The monoisotopic (exact) mass is 251 g/mol. The first-order valence-corrected chi connectivity index (χ1v) is 6.00. The topological polar surface area (TPSA) is 49.8 Å². The molecule has 0 saturated carbocycles. The molecule has 0 aliphatic rings. The first-order valence-electron chi connectivity index (χ1n) is 6.00. The van der Waals surface area contributed by atoms with Crippen molar-refractivity contribution >= 4 is 11.8 Å². The van der Waals surface area contributed by atoms with E-state index >= 15 is 0 Å². The molecule has 1 aromatic rings. The van der Waals surface area contributed by atoms with Crippen molar-refractivity contribution in [1.82, 2.24) is 0 Å². The molecule has 18 heavy (non-hydrogen) atoms. The van der Waals surface area contributed by atoms with Crippen molar-refractivity contribution in [3.05, 3.63) is 29.8 Å². The van der Waals surface area contributed by atoms with E-state index in [1.165, 1.54) is 4.90 Å². The van der Waals surface area contributed by atoms with E-state index in [1.54, 1.807) is 7.05 Å². The molecule has 0 fully saturated rings. The first-order chi connectivity index (χ1) is 8.33. The minimum absolute atomic E-state index is 0.126. The Balaban J connectivity index is 2.71. The highest BCUT2D eigenvalue weighted by Crippen LogP contribution is 2.17. The van der Waals surface area contributed by atoms with Crippen molar-refractivity contribution in [3.8, 4) is 0 Å². The highest BCUT2D eigenvalue weighted by atomic mass is 16.6. The van der Waals surface area contributed by atoms with Gasteiger partial charge in [0.2, 0.25) is 0 Å². The van der Waals surface area contributed by atoms with Crippen molar-refractivity contribution in [2.24, 2.45) is 0 Å². The minimum Gasteiger partial charge on any atom is -0.443 e. The Labute approximate surface area is 108 Å². The summed E-state index contributed by atoms with van der Waals surface area (Å²) < 4.78 is 5.28. The molecule has 0 heterocycles. The zero-order valence-electron chi connectivity index (χ0n) is 11.4. The van der Waals surface area contributed by atoms with E-state index in [9.17, 15) is 4.79 Å². The molecule has 0 aliphatic heterocycles. The summed E-state index contributed by atoms with van der Waals surface area (Å²) in [4.78, 5) is 13.3. The number of nitrogens with zero attached hydrogens (tertiary/aromatic N) is 1. The van der Waals surface area contributed by atoms with Crippen LogP contribution in [0.1, 0.15) is 26.3 Å². The molecule has 0 aliphatic carbocycles. The highest BCUT2D eigenvalue weighted by Gasteiger charge is 2.20. The molecule has 4 nitrogen and oxygen atoms in total. The number of hydrogen-bond acceptors (Lipinski definition) is 3. The summed E-state index contributed by atoms with van der Waals surface area (Å²) in [6.07, 6.45) is 0.244. The van der Waals surface area contributed by atoms with Crippen LogP contribution in [-0.2, 0) is 11.2 Å². The Hall–Kier alpha value is -1.55. The molecular weight excluding hydrogens is 230 g/mol. The summed E-state index contributed by atoms with van der Waals surface area (Å²) in [7, 11) is 1.68. The lowest BCUT2D eigenvalue weighted by Crippen LogP contribution is -2.34. The summed E-state index contributed by atoms with van der Waals surface area (Å²) in [5, 5.41) is 8.83. The highest BCUT2D eigenvalue weighted by molar-refractivity contribution is 5.87. The number of benzene rings is 1. The summed E-state index contributed by atoms with van der Waals surface area (Å²) in [6, 6.07) is 7.47. The number of carbonyl (C=O) groups is 1. The molecule has 1 N–H and O–H groups in total. The predicted octanol–water partition coefficient (Wildman–Crippen LogP) is 2.59. The van der Waals surface area contributed by atoms with E-state index in [1.807, 2.05) is 45.0 Å². The van der Waals surface area contributed by atoms with Crippen LogP contribution in [0.25, 0.3) is 0 Å². The SMILES string of the molecule is CN(C(=O)OC(C)(C)C)c1ccc(CCO)cc1. The zero-order chi connectivity index (χ0) is 13.8. The molecule has 0 saturated heterocycles. The molecule has 0 radical (unpaired) electrons.